The summed E-state index contributed by atoms with van der Waals surface area (Å²) in [5.74, 6) is -2.03. The van der Waals surface area contributed by atoms with Crippen LogP contribution in [0.5, 0.6) is 11.6 Å². The number of carbonyl (C=O) groups excluding carboxylic acids is 3. The second-order valence-corrected chi connectivity index (χ2v) is 16.5. The molecule has 49 heavy (non-hydrogen) atoms. The third-order valence-electron chi connectivity index (χ3n) is 9.63. The van der Waals surface area contributed by atoms with Gasteiger partial charge in [-0.25, -0.2) is 23.2 Å². The smallest absolute Gasteiger partial charge is 0.405 e. The Kier molecular flexibility index (Phi) is 9.34. The predicted octanol–water partition coefficient (Wildman–Crippen LogP) is 2.29. The number of methoxy groups -OCH3 is 1. The number of hydrogen-bond acceptors (Lipinski definition) is 10. The van der Waals surface area contributed by atoms with Gasteiger partial charge in [-0.05, 0) is 50.2 Å². The molecule has 266 valence electrons. The Morgan fingerprint density at radius 3 is 2.43 bits per heavy atom. The van der Waals surface area contributed by atoms with Crippen molar-refractivity contribution in [3.63, 3.8) is 0 Å². The number of aryl methyl sites for hydroxylation is 1. The molecule has 1 aromatic carbocycles. The van der Waals surface area contributed by atoms with Crippen molar-refractivity contribution >= 4 is 44.9 Å². The normalized spacial score (nSPS) is 24.8. The molecule has 2 heterocycles. The molecule has 15 nitrogen and oxygen atoms in total. The zero-order valence-electron chi connectivity index (χ0n) is 28.5. The number of ether oxygens (including phenoxy) is 2. The summed E-state index contributed by atoms with van der Waals surface area (Å²) in [6.45, 7) is 12.1. The van der Waals surface area contributed by atoms with E-state index in [-0.39, 0.29) is 25.3 Å². The van der Waals surface area contributed by atoms with Gasteiger partial charge in [0.15, 0.2) is 0 Å². The van der Waals surface area contributed by atoms with E-state index in [1.807, 2.05) is 6.92 Å². The largest absolute Gasteiger partial charge is 0.497 e. The molecule has 0 bridgehead atoms. The van der Waals surface area contributed by atoms with E-state index in [0.29, 0.717) is 41.7 Å². The number of rotatable bonds is 12. The van der Waals surface area contributed by atoms with Gasteiger partial charge in [0.1, 0.15) is 35.2 Å². The van der Waals surface area contributed by atoms with Crippen molar-refractivity contribution in [1.82, 2.24) is 30.2 Å². The van der Waals surface area contributed by atoms with Crippen LogP contribution in [-0.2, 0) is 30.8 Å². The summed E-state index contributed by atoms with van der Waals surface area (Å²) >= 11 is 0. The molecule has 5 rings (SSSR count). The Labute approximate surface area is 285 Å². The number of hydrogen-bond donors (Lipinski definition) is 4. The van der Waals surface area contributed by atoms with Gasteiger partial charge in [-0.15, -0.1) is 6.58 Å². The summed E-state index contributed by atoms with van der Waals surface area (Å²) in [7, 11) is -2.47. The van der Waals surface area contributed by atoms with Crippen molar-refractivity contribution in [3.05, 3.63) is 36.5 Å². The van der Waals surface area contributed by atoms with Gasteiger partial charge in [-0.2, -0.15) is 0 Å². The fraction of sp³-hybridized carbons (Fsp3) is 0.576. The van der Waals surface area contributed by atoms with E-state index in [1.165, 1.54) is 18.1 Å². The first-order valence-corrected chi connectivity index (χ1v) is 17.7. The number of carboxylic acid groups (broad SMARTS) is 1. The maximum Gasteiger partial charge on any atom is 0.405 e. The molecule has 3 aliphatic rings. The molecule has 1 aliphatic heterocycles. The molecule has 5 atom stereocenters. The molecule has 1 saturated heterocycles. The highest BCUT2D eigenvalue weighted by atomic mass is 32.2. The molecule has 3 fully saturated rings. The zero-order valence-corrected chi connectivity index (χ0v) is 29.3. The fourth-order valence-corrected chi connectivity index (χ4v) is 7.41. The van der Waals surface area contributed by atoms with Gasteiger partial charge >= 0.3 is 6.09 Å². The number of aromatic nitrogens is 2. The molecular weight excluding hydrogens is 656 g/mol. The highest BCUT2D eigenvalue weighted by Crippen LogP contribution is 2.47. The number of fused-ring (bicyclic) bond motifs is 1. The van der Waals surface area contributed by atoms with Gasteiger partial charge in [-0.1, -0.05) is 33.8 Å². The van der Waals surface area contributed by atoms with Crippen LogP contribution in [0.4, 0.5) is 4.79 Å². The Hall–Kier alpha value is -4.47. The van der Waals surface area contributed by atoms with Crippen molar-refractivity contribution < 1.29 is 42.2 Å². The molecule has 2 saturated carbocycles. The zero-order chi connectivity index (χ0) is 36.1. The summed E-state index contributed by atoms with van der Waals surface area (Å²) in [5, 5.41) is 14.6. The van der Waals surface area contributed by atoms with Gasteiger partial charge in [0.05, 0.1) is 29.4 Å². The summed E-state index contributed by atoms with van der Waals surface area (Å²) in [6.07, 6.45) is 0.660. The van der Waals surface area contributed by atoms with Crippen LogP contribution in [0.15, 0.2) is 30.9 Å². The topological polar surface area (TPSA) is 206 Å². The summed E-state index contributed by atoms with van der Waals surface area (Å²) in [4.78, 5) is 64.0. The van der Waals surface area contributed by atoms with Crippen molar-refractivity contribution in [2.24, 2.45) is 11.3 Å². The van der Waals surface area contributed by atoms with Crippen LogP contribution < -0.4 is 24.8 Å². The molecule has 2 aliphatic carbocycles. The van der Waals surface area contributed by atoms with E-state index in [1.54, 1.807) is 45.9 Å². The van der Waals surface area contributed by atoms with Gasteiger partial charge < -0.3 is 30.1 Å². The highest BCUT2D eigenvalue weighted by Gasteiger charge is 2.63. The summed E-state index contributed by atoms with van der Waals surface area (Å²) < 4.78 is 38.6. The summed E-state index contributed by atoms with van der Waals surface area (Å²) in [5.41, 5.74) is -0.784. The van der Waals surface area contributed by atoms with Crippen molar-refractivity contribution in [2.75, 3.05) is 13.7 Å². The predicted molar refractivity (Wildman–Crippen MR) is 178 cm³/mol. The molecule has 0 spiro atoms. The molecule has 4 amide bonds. The lowest BCUT2D eigenvalue weighted by Gasteiger charge is -2.35. The third-order valence-corrected chi connectivity index (χ3v) is 11.8. The number of benzene rings is 1. The number of nitrogens with zero attached hydrogens (tertiary/aromatic N) is 3. The maximum absolute atomic E-state index is 14.1. The Morgan fingerprint density at radius 2 is 1.88 bits per heavy atom. The minimum absolute atomic E-state index is 0.0324. The van der Waals surface area contributed by atoms with Crippen LogP contribution in [0.2, 0.25) is 0 Å². The van der Waals surface area contributed by atoms with Crippen molar-refractivity contribution in [2.45, 2.75) is 95.2 Å². The Morgan fingerprint density at radius 1 is 1.18 bits per heavy atom. The maximum atomic E-state index is 14.1. The van der Waals surface area contributed by atoms with E-state index in [2.05, 4.69) is 31.9 Å². The molecule has 4 N–H and O–H groups in total. The van der Waals surface area contributed by atoms with Gasteiger partial charge in [0, 0.05) is 18.4 Å². The molecule has 0 unspecified atom stereocenters. The molecular formula is C33H44N6O9S. The first kappa shape index (κ1) is 35.8. The van der Waals surface area contributed by atoms with Crippen LogP contribution in [0, 0.1) is 11.3 Å². The number of carbonyl (C=O) groups is 4. The van der Waals surface area contributed by atoms with Crippen LogP contribution in [0.1, 0.15) is 66.0 Å². The highest BCUT2D eigenvalue weighted by molar-refractivity contribution is 7.91. The number of nitrogens with one attached hydrogen (secondary N) is 3. The first-order valence-electron chi connectivity index (χ1n) is 16.2. The Bertz CT molecular complexity index is 1810. The van der Waals surface area contributed by atoms with Crippen molar-refractivity contribution in [3.8, 4) is 11.6 Å². The average molecular weight is 701 g/mol. The van der Waals surface area contributed by atoms with Crippen LogP contribution in [0.25, 0.3) is 11.0 Å². The van der Waals surface area contributed by atoms with Crippen LogP contribution >= 0.6 is 0 Å². The standard InChI is InChI=1S/C33H44N6O9S/c1-8-18-16-33(18,29(42)38-49(45,46)32(6)12-13-32)37-26(40)24-15-20(17-39(24)28(41)25(31(3,4)5)36-30(43)44)48-27-21(9-2)34-22-11-10-19(47-7)14-23(22)35-27/h8,10-11,14,18,20,24-25,36H,1,9,12-13,15-17H2,2-7H3,(H,37,40)(H,38,42)(H,43,44)/t18-,20-,24+,25-,33-/m1/s1. The van der Waals surface area contributed by atoms with E-state index < -0.39 is 73.6 Å². The average Bonchev–Trinajstić information content (AvgIpc) is 3.92. The van der Waals surface area contributed by atoms with Crippen molar-refractivity contribution in [1.29, 1.82) is 0 Å². The Balaban J connectivity index is 1.45. The van der Waals surface area contributed by atoms with E-state index >= 15 is 0 Å². The van der Waals surface area contributed by atoms with Gasteiger partial charge in [0.25, 0.3) is 5.91 Å². The van der Waals surface area contributed by atoms with E-state index in [0.717, 1.165) is 0 Å². The van der Waals surface area contributed by atoms with Gasteiger partial charge in [-0.3, -0.25) is 19.1 Å². The van der Waals surface area contributed by atoms with Crippen LogP contribution in [0.3, 0.4) is 0 Å². The quantitative estimate of drug-likeness (QED) is 0.236. The lowest BCUT2D eigenvalue weighted by molar-refractivity contribution is -0.142. The second-order valence-electron chi connectivity index (χ2n) is 14.3. The monoisotopic (exact) mass is 700 g/mol. The lowest BCUT2D eigenvalue weighted by Crippen LogP contribution is -2.60. The molecule has 16 heteroatoms. The third kappa shape index (κ3) is 7.00. The fourth-order valence-electron chi connectivity index (χ4n) is 6.10. The van der Waals surface area contributed by atoms with Crippen LogP contribution in [-0.4, -0.2) is 94.3 Å². The number of sulfonamides is 1. The number of amides is 4. The minimum Gasteiger partial charge on any atom is -0.497 e. The molecule has 0 radical (unpaired) electrons. The summed E-state index contributed by atoms with van der Waals surface area (Å²) in [6, 6.07) is 2.81. The first-order chi connectivity index (χ1) is 22.9. The molecule has 2 aromatic rings. The molecule has 1 aromatic heterocycles. The second kappa shape index (κ2) is 12.8. The van der Waals surface area contributed by atoms with E-state index in [4.69, 9.17) is 9.47 Å². The minimum atomic E-state index is -4.00. The van der Waals surface area contributed by atoms with Gasteiger partial charge in [0.2, 0.25) is 27.7 Å². The number of likely N-dealkylation sites (tertiary alicyclic amines) is 1. The lowest BCUT2D eigenvalue weighted by atomic mass is 9.85. The SMILES string of the molecule is C=C[C@@H]1C[C@]1(NC(=O)[C@@H]1C[C@@H](Oc2nc3cc(OC)ccc3nc2CC)CN1C(=O)[C@@H](NC(=O)O)C(C)(C)C)C(=O)NS(=O)(=O)C1(C)CC1. The van der Waals surface area contributed by atoms with E-state index in [9.17, 15) is 32.7 Å².